The molecule has 0 spiro atoms. The quantitative estimate of drug-likeness (QED) is 0.606. The normalized spacial score (nSPS) is 21.7. The maximum Gasteiger partial charge on any atom is 0.191 e. The van der Waals surface area contributed by atoms with Gasteiger partial charge in [-0.25, -0.2) is 0 Å². The van der Waals surface area contributed by atoms with Crippen molar-refractivity contribution >= 4 is 5.96 Å². The summed E-state index contributed by atoms with van der Waals surface area (Å²) >= 11 is 0. The van der Waals surface area contributed by atoms with Gasteiger partial charge in [0.2, 0.25) is 0 Å². The third kappa shape index (κ3) is 5.00. The van der Waals surface area contributed by atoms with Crippen LogP contribution in [0.3, 0.4) is 0 Å². The van der Waals surface area contributed by atoms with Gasteiger partial charge in [-0.1, -0.05) is 43.2 Å². The Kier molecular flexibility index (Phi) is 6.95. The van der Waals surface area contributed by atoms with Crippen LogP contribution in [-0.4, -0.2) is 50.6 Å². The molecule has 0 amide bonds. The van der Waals surface area contributed by atoms with E-state index in [1.165, 1.54) is 57.2 Å². The Morgan fingerprint density at radius 3 is 2.46 bits per heavy atom. The molecule has 0 aromatic heterocycles. The van der Waals surface area contributed by atoms with Crippen molar-refractivity contribution in [2.45, 2.75) is 50.9 Å². The van der Waals surface area contributed by atoms with E-state index in [9.17, 15) is 0 Å². The average molecular weight is 357 g/mol. The number of hydrogen-bond acceptors (Lipinski definition) is 2. The van der Waals surface area contributed by atoms with Gasteiger partial charge in [-0.15, -0.1) is 0 Å². The number of benzene rings is 1. The molecule has 1 saturated carbocycles. The molecule has 2 aliphatic rings. The van der Waals surface area contributed by atoms with Crippen LogP contribution in [-0.2, 0) is 5.41 Å². The van der Waals surface area contributed by atoms with Gasteiger partial charge in [0, 0.05) is 18.5 Å². The number of likely N-dealkylation sites (tertiary alicyclic amines) is 1. The van der Waals surface area contributed by atoms with Gasteiger partial charge in [0.05, 0.1) is 6.54 Å². The van der Waals surface area contributed by atoms with Crippen molar-refractivity contribution in [2.24, 2.45) is 10.9 Å². The van der Waals surface area contributed by atoms with E-state index in [-0.39, 0.29) is 5.41 Å². The van der Waals surface area contributed by atoms with Crippen molar-refractivity contribution in [2.75, 3.05) is 39.8 Å². The lowest BCUT2D eigenvalue weighted by Crippen LogP contribution is -2.43. The van der Waals surface area contributed by atoms with Crippen LogP contribution in [0.25, 0.3) is 0 Å². The summed E-state index contributed by atoms with van der Waals surface area (Å²) in [6.45, 7) is 7.43. The molecule has 0 unspecified atom stereocenters. The molecule has 3 rings (SSSR count). The van der Waals surface area contributed by atoms with Crippen molar-refractivity contribution < 1.29 is 0 Å². The Hall–Kier alpha value is -1.55. The largest absolute Gasteiger partial charge is 0.357 e. The zero-order chi connectivity index (χ0) is 18.2. The van der Waals surface area contributed by atoms with Crippen LogP contribution < -0.4 is 10.6 Å². The lowest BCUT2D eigenvalue weighted by Gasteiger charge is -2.30. The number of guanidine groups is 1. The molecule has 4 nitrogen and oxygen atoms in total. The first-order valence-corrected chi connectivity index (χ1v) is 10.5. The highest BCUT2D eigenvalue weighted by Gasteiger charge is 2.35. The van der Waals surface area contributed by atoms with Crippen LogP contribution >= 0.6 is 0 Å². The van der Waals surface area contributed by atoms with Crippen molar-refractivity contribution in [3.05, 3.63) is 35.9 Å². The van der Waals surface area contributed by atoms with E-state index in [4.69, 9.17) is 4.99 Å². The van der Waals surface area contributed by atoms with Gasteiger partial charge in [0.15, 0.2) is 5.96 Å². The van der Waals surface area contributed by atoms with Crippen LogP contribution in [0.15, 0.2) is 35.3 Å². The smallest absolute Gasteiger partial charge is 0.191 e. The molecule has 0 bridgehead atoms. The molecule has 0 atom stereocenters. The van der Waals surface area contributed by atoms with Crippen LogP contribution in [0.4, 0.5) is 0 Å². The van der Waals surface area contributed by atoms with Crippen LogP contribution in [0.5, 0.6) is 0 Å². The predicted octanol–water partition coefficient (Wildman–Crippen LogP) is 3.40. The molecule has 1 saturated heterocycles. The zero-order valence-corrected chi connectivity index (χ0v) is 16.6. The Morgan fingerprint density at radius 2 is 1.81 bits per heavy atom. The van der Waals surface area contributed by atoms with Crippen LogP contribution in [0.2, 0.25) is 0 Å². The molecule has 144 valence electrons. The number of nitrogens with zero attached hydrogens (tertiary/aromatic N) is 2. The van der Waals surface area contributed by atoms with Crippen molar-refractivity contribution in [3.63, 3.8) is 0 Å². The van der Waals surface area contributed by atoms with Crippen molar-refractivity contribution in [3.8, 4) is 0 Å². The molecule has 1 heterocycles. The molecule has 1 aromatic rings. The molecule has 26 heavy (non-hydrogen) atoms. The highest BCUT2D eigenvalue weighted by Crippen LogP contribution is 2.41. The summed E-state index contributed by atoms with van der Waals surface area (Å²) in [7, 11) is 2.22. The fourth-order valence-corrected chi connectivity index (χ4v) is 4.46. The standard InChI is InChI=1S/C22H36N4/c1-3-23-21(24-17-19-11-15-26(2)16-12-19)25-18-22(13-7-8-14-22)20-9-5-4-6-10-20/h4-6,9-10,19H,3,7-8,11-18H2,1-2H3,(H2,23,24,25). The second-order valence-corrected chi connectivity index (χ2v) is 8.18. The Balaban J connectivity index is 1.62. The molecule has 2 fully saturated rings. The first kappa shape index (κ1) is 19.2. The summed E-state index contributed by atoms with van der Waals surface area (Å²) in [5.74, 6) is 1.76. The molecule has 2 N–H and O–H groups in total. The monoisotopic (exact) mass is 356 g/mol. The van der Waals surface area contributed by atoms with E-state index in [1.807, 2.05) is 0 Å². The third-order valence-corrected chi connectivity index (χ3v) is 6.23. The summed E-state index contributed by atoms with van der Waals surface area (Å²) in [6, 6.07) is 11.0. The second-order valence-electron chi connectivity index (χ2n) is 8.18. The molecule has 1 aliphatic carbocycles. The fourth-order valence-electron chi connectivity index (χ4n) is 4.46. The Bertz CT molecular complexity index is 555. The Labute approximate surface area is 159 Å². The van der Waals surface area contributed by atoms with E-state index in [0.29, 0.717) is 0 Å². The average Bonchev–Trinajstić information content (AvgIpc) is 3.16. The number of hydrogen-bond donors (Lipinski definition) is 2. The summed E-state index contributed by atoms with van der Waals surface area (Å²) in [5, 5.41) is 7.07. The lowest BCUT2D eigenvalue weighted by molar-refractivity contribution is 0.220. The molecule has 0 radical (unpaired) electrons. The maximum atomic E-state index is 5.03. The summed E-state index contributed by atoms with van der Waals surface area (Å²) < 4.78 is 0. The van der Waals surface area contributed by atoms with Gasteiger partial charge >= 0.3 is 0 Å². The van der Waals surface area contributed by atoms with Gasteiger partial charge < -0.3 is 15.5 Å². The summed E-state index contributed by atoms with van der Waals surface area (Å²) in [6.07, 6.45) is 7.74. The molecule has 4 heteroatoms. The van der Waals surface area contributed by atoms with E-state index in [1.54, 1.807) is 0 Å². The minimum Gasteiger partial charge on any atom is -0.357 e. The third-order valence-electron chi connectivity index (χ3n) is 6.23. The molecular formula is C22H36N4. The second kappa shape index (κ2) is 9.40. The number of nitrogens with one attached hydrogen (secondary N) is 2. The van der Waals surface area contributed by atoms with Gasteiger partial charge in [0.25, 0.3) is 0 Å². The van der Waals surface area contributed by atoms with Gasteiger partial charge in [-0.05, 0) is 64.2 Å². The minimum absolute atomic E-state index is 0.233. The van der Waals surface area contributed by atoms with Crippen molar-refractivity contribution in [1.29, 1.82) is 0 Å². The summed E-state index contributed by atoms with van der Waals surface area (Å²) in [5.41, 5.74) is 1.70. The molecule has 1 aromatic carbocycles. The van der Waals surface area contributed by atoms with Crippen molar-refractivity contribution in [1.82, 2.24) is 15.5 Å². The van der Waals surface area contributed by atoms with E-state index in [0.717, 1.165) is 31.5 Å². The van der Waals surface area contributed by atoms with Gasteiger partial charge in [-0.3, -0.25) is 4.99 Å². The predicted molar refractivity (Wildman–Crippen MR) is 111 cm³/mol. The first-order chi connectivity index (χ1) is 12.7. The van der Waals surface area contributed by atoms with E-state index in [2.05, 4.69) is 59.8 Å². The zero-order valence-electron chi connectivity index (χ0n) is 16.6. The van der Waals surface area contributed by atoms with Crippen LogP contribution in [0, 0.1) is 5.92 Å². The van der Waals surface area contributed by atoms with E-state index < -0.39 is 0 Å². The van der Waals surface area contributed by atoms with Gasteiger partial charge in [0.1, 0.15) is 0 Å². The minimum atomic E-state index is 0.233. The summed E-state index contributed by atoms with van der Waals surface area (Å²) in [4.78, 5) is 7.46. The van der Waals surface area contributed by atoms with E-state index >= 15 is 0 Å². The highest BCUT2D eigenvalue weighted by molar-refractivity contribution is 5.79. The van der Waals surface area contributed by atoms with Gasteiger partial charge in [-0.2, -0.15) is 0 Å². The Morgan fingerprint density at radius 1 is 1.12 bits per heavy atom. The first-order valence-electron chi connectivity index (χ1n) is 10.5. The molecule has 1 aliphatic heterocycles. The topological polar surface area (TPSA) is 39.7 Å². The number of piperidine rings is 1. The fraction of sp³-hybridized carbons (Fsp3) is 0.682. The highest BCUT2D eigenvalue weighted by atomic mass is 15.2. The number of aliphatic imine (C=N–C) groups is 1. The SMILES string of the molecule is CCNC(=NCC1(c2ccccc2)CCCC1)NCC1CCN(C)CC1. The number of rotatable bonds is 6. The van der Waals surface area contributed by atoms with Crippen LogP contribution in [0.1, 0.15) is 51.0 Å². The molecular weight excluding hydrogens is 320 g/mol. The maximum absolute atomic E-state index is 5.03. The lowest BCUT2D eigenvalue weighted by atomic mass is 9.79.